The monoisotopic (exact) mass is 321 g/mol. The Hall–Kier alpha value is -3.11. The van der Waals surface area contributed by atoms with Crippen LogP contribution in [0.1, 0.15) is 5.69 Å². The molecule has 0 aliphatic heterocycles. The fourth-order valence-electron chi connectivity index (χ4n) is 2.26. The molecule has 0 saturated heterocycles. The molecule has 7 heteroatoms. The van der Waals surface area contributed by atoms with E-state index in [1.165, 1.54) is 28.0 Å². The van der Waals surface area contributed by atoms with Gasteiger partial charge in [0.15, 0.2) is 5.69 Å². The first-order chi connectivity index (χ1) is 11.3. The van der Waals surface area contributed by atoms with Crippen LogP contribution in [0, 0.1) is 17.1 Å². The van der Waals surface area contributed by atoms with Gasteiger partial charge in [-0.15, -0.1) is 0 Å². The second-order valence-corrected chi connectivity index (χ2v) is 5.73. The van der Waals surface area contributed by atoms with Gasteiger partial charge in [-0.1, -0.05) is 11.3 Å². The fourth-order valence-corrected chi connectivity index (χ4v) is 3.15. The molecule has 0 spiro atoms. The minimum Gasteiger partial charge on any atom is -0.264 e. The van der Waals surface area contributed by atoms with Gasteiger partial charge < -0.3 is 0 Å². The molecule has 0 saturated carbocycles. The third-order valence-corrected chi connectivity index (χ3v) is 4.29. The van der Waals surface area contributed by atoms with Crippen molar-refractivity contribution in [2.75, 3.05) is 0 Å². The highest BCUT2D eigenvalue weighted by Gasteiger charge is 2.18. The Balaban J connectivity index is 1.88. The minimum atomic E-state index is -0.328. The van der Waals surface area contributed by atoms with E-state index in [0.29, 0.717) is 21.9 Å². The highest BCUT2D eigenvalue weighted by atomic mass is 32.1. The van der Waals surface area contributed by atoms with Gasteiger partial charge in [0.2, 0.25) is 4.96 Å². The van der Waals surface area contributed by atoms with Crippen LogP contribution < -0.4 is 0 Å². The maximum atomic E-state index is 13.1. The van der Waals surface area contributed by atoms with Crippen molar-refractivity contribution in [3.05, 3.63) is 60.3 Å². The topological polar surface area (TPSA) is 66.9 Å². The first-order valence-corrected chi connectivity index (χ1v) is 7.54. The number of nitrogens with zero attached hydrogens (tertiary/aromatic N) is 5. The molecule has 0 fully saturated rings. The predicted molar refractivity (Wildman–Crippen MR) is 84.2 cm³/mol. The summed E-state index contributed by atoms with van der Waals surface area (Å²) < 4.78 is 14.6. The molecule has 0 radical (unpaired) electrons. The molecule has 0 N–H and O–H groups in total. The van der Waals surface area contributed by atoms with Crippen LogP contribution in [0.2, 0.25) is 0 Å². The van der Waals surface area contributed by atoms with Crippen molar-refractivity contribution in [2.45, 2.75) is 0 Å². The molecule has 3 heterocycles. The summed E-state index contributed by atoms with van der Waals surface area (Å²) in [4.78, 5) is 9.16. The summed E-state index contributed by atoms with van der Waals surface area (Å²) in [7, 11) is 0. The van der Waals surface area contributed by atoms with Crippen LogP contribution in [0.3, 0.4) is 0 Å². The molecule has 4 aromatic rings. The summed E-state index contributed by atoms with van der Waals surface area (Å²) >= 11 is 1.37. The van der Waals surface area contributed by atoms with E-state index in [2.05, 4.69) is 21.1 Å². The van der Waals surface area contributed by atoms with Crippen LogP contribution in [0.4, 0.5) is 4.39 Å². The Morgan fingerprint density at radius 3 is 2.65 bits per heavy atom. The van der Waals surface area contributed by atoms with Crippen molar-refractivity contribution >= 4 is 16.3 Å². The second-order valence-electron chi connectivity index (χ2n) is 4.77. The van der Waals surface area contributed by atoms with Gasteiger partial charge in [-0.3, -0.25) is 4.98 Å². The van der Waals surface area contributed by atoms with Gasteiger partial charge in [0, 0.05) is 23.5 Å². The third kappa shape index (κ3) is 2.25. The van der Waals surface area contributed by atoms with Crippen LogP contribution in [0.25, 0.3) is 26.8 Å². The van der Waals surface area contributed by atoms with Crippen LogP contribution in [0.15, 0.2) is 48.8 Å². The van der Waals surface area contributed by atoms with E-state index in [1.807, 2.05) is 12.1 Å². The summed E-state index contributed by atoms with van der Waals surface area (Å²) in [5.74, 6) is -0.328. The summed E-state index contributed by atoms with van der Waals surface area (Å²) in [6.45, 7) is 0. The number of hydrogen-bond acceptors (Lipinski definition) is 5. The molecule has 1 aromatic carbocycles. The number of imidazole rings is 1. The SMILES string of the molecule is N#Cc1c(-c2ccc(F)cc2)nc2sc(-c3cccnc3)nn12. The molecule has 0 aliphatic carbocycles. The first kappa shape index (κ1) is 13.5. The van der Waals surface area contributed by atoms with Crippen LogP contribution >= 0.6 is 11.3 Å². The lowest BCUT2D eigenvalue weighted by Crippen LogP contribution is -1.91. The molecule has 3 aromatic heterocycles. The molecule has 0 aliphatic rings. The average molecular weight is 321 g/mol. The summed E-state index contributed by atoms with van der Waals surface area (Å²) in [5, 5.41) is 14.7. The summed E-state index contributed by atoms with van der Waals surface area (Å²) in [5.41, 5.74) is 2.39. The lowest BCUT2D eigenvalue weighted by molar-refractivity contribution is 0.628. The molecule has 0 amide bonds. The lowest BCUT2D eigenvalue weighted by Gasteiger charge is -1.97. The second kappa shape index (κ2) is 5.26. The standard InChI is InChI=1S/C16H8FN5S/c17-12-5-3-10(4-6-12)14-13(8-18)22-16(20-14)23-15(21-22)11-2-1-7-19-9-11/h1-7,9H. The fraction of sp³-hybridized carbons (Fsp3) is 0. The van der Waals surface area contributed by atoms with Crippen molar-refractivity contribution in [3.8, 4) is 27.9 Å². The number of nitriles is 1. The van der Waals surface area contributed by atoms with Gasteiger partial charge >= 0.3 is 0 Å². The van der Waals surface area contributed by atoms with E-state index in [0.717, 1.165) is 10.6 Å². The van der Waals surface area contributed by atoms with Crippen molar-refractivity contribution in [1.82, 2.24) is 19.6 Å². The van der Waals surface area contributed by atoms with Crippen LogP contribution in [-0.2, 0) is 0 Å². The zero-order valence-electron chi connectivity index (χ0n) is 11.6. The first-order valence-electron chi connectivity index (χ1n) is 6.72. The molecule has 0 atom stereocenters. The highest BCUT2D eigenvalue weighted by molar-refractivity contribution is 7.19. The molecular weight excluding hydrogens is 313 g/mol. The van der Waals surface area contributed by atoms with Gasteiger partial charge in [-0.05, 0) is 36.4 Å². The quantitative estimate of drug-likeness (QED) is 0.566. The summed E-state index contributed by atoms with van der Waals surface area (Å²) in [6, 6.07) is 11.8. The van der Waals surface area contributed by atoms with Crippen molar-refractivity contribution in [1.29, 1.82) is 5.26 Å². The molecule has 0 unspecified atom stereocenters. The van der Waals surface area contributed by atoms with Gasteiger partial charge in [-0.2, -0.15) is 14.9 Å². The molecule has 110 valence electrons. The minimum absolute atomic E-state index is 0.328. The Kier molecular flexibility index (Phi) is 3.10. The van der Waals surface area contributed by atoms with Gasteiger partial charge in [0.25, 0.3) is 0 Å². The zero-order valence-corrected chi connectivity index (χ0v) is 12.5. The van der Waals surface area contributed by atoms with E-state index in [4.69, 9.17) is 0 Å². The van der Waals surface area contributed by atoms with Gasteiger partial charge in [0.1, 0.15) is 22.6 Å². The molecule has 5 nitrogen and oxygen atoms in total. The average Bonchev–Trinajstić information content (AvgIpc) is 3.14. The molecule has 23 heavy (non-hydrogen) atoms. The van der Waals surface area contributed by atoms with E-state index in [1.54, 1.807) is 24.5 Å². The highest BCUT2D eigenvalue weighted by Crippen LogP contribution is 2.30. The van der Waals surface area contributed by atoms with Gasteiger partial charge in [0.05, 0.1) is 0 Å². The Morgan fingerprint density at radius 1 is 1.13 bits per heavy atom. The zero-order chi connectivity index (χ0) is 15.8. The van der Waals surface area contributed by atoms with Crippen molar-refractivity contribution in [3.63, 3.8) is 0 Å². The van der Waals surface area contributed by atoms with Crippen molar-refractivity contribution < 1.29 is 4.39 Å². The lowest BCUT2D eigenvalue weighted by atomic mass is 10.1. The number of pyridine rings is 1. The molecule has 0 bridgehead atoms. The Labute approximate surface area is 134 Å². The maximum absolute atomic E-state index is 13.1. The number of halogens is 1. The number of aromatic nitrogens is 4. The maximum Gasteiger partial charge on any atom is 0.214 e. The Morgan fingerprint density at radius 2 is 1.96 bits per heavy atom. The van der Waals surface area contributed by atoms with Crippen LogP contribution in [0.5, 0.6) is 0 Å². The number of benzene rings is 1. The summed E-state index contributed by atoms with van der Waals surface area (Å²) in [6.07, 6.45) is 3.40. The van der Waals surface area contributed by atoms with Crippen LogP contribution in [-0.4, -0.2) is 19.6 Å². The Bertz CT molecular complexity index is 1030. The van der Waals surface area contributed by atoms with E-state index >= 15 is 0 Å². The largest absolute Gasteiger partial charge is 0.264 e. The molecular formula is C16H8FN5S. The number of hydrogen-bond donors (Lipinski definition) is 0. The normalized spacial score (nSPS) is 10.8. The number of fused-ring (bicyclic) bond motifs is 1. The van der Waals surface area contributed by atoms with E-state index in [9.17, 15) is 9.65 Å². The van der Waals surface area contributed by atoms with E-state index < -0.39 is 0 Å². The predicted octanol–water partition coefficient (Wildman–Crippen LogP) is 3.53. The third-order valence-electron chi connectivity index (χ3n) is 3.34. The smallest absolute Gasteiger partial charge is 0.214 e. The molecule has 4 rings (SSSR count). The number of rotatable bonds is 2. The van der Waals surface area contributed by atoms with Gasteiger partial charge in [-0.25, -0.2) is 9.37 Å². The van der Waals surface area contributed by atoms with Crippen molar-refractivity contribution in [2.24, 2.45) is 0 Å². The van der Waals surface area contributed by atoms with E-state index in [-0.39, 0.29) is 5.82 Å².